The Morgan fingerprint density at radius 1 is 1.05 bits per heavy atom. The van der Waals surface area contributed by atoms with Crippen molar-refractivity contribution in [3.63, 3.8) is 0 Å². The van der Waals surface area contributed by atoms with Gasteiger partial charge in [0.1, 0.15) is 12.1 Å². The lowest BCUT2D eigenvalue weighted by Crippen LogP contribution is -2.28. The van der Waals surface area contributed by atoms with Gasteiger partial charge in [0, 0.05) is 73.5 Å². The van der Waals surface area contributed by atoms with Crippen LogP contribution in [-0.2, 0) is 4.79 Å². The van der Waals surface area contributed by atoms with E-state index in [9.17, 15) is 14.0 Å². The van der Waals surface area contributed by atoms with Crippen LogP contribution >= 0.6 is 11.8 Å². The minimum Gasteiger partial charge on any atom is -0.369 e. The second-order valence-corrected chi connectivity index (χ2v) is 10.7. The van der Waals surface area contributed by atoms with Crippen LogP contribution < -0.4 is 21.3 Å². The second-order valence-electron chi connectivity index (χ2n) is 9.16. The number of para-hydroxylation sites is 1. The molecule has 2 unspecified atom stereocenters. The van der Waals surface area contributed by atoms with Gasteiger partial charge in [0.25, 0.3) is 5.91 Å². The number of benzene rings is 1. The first-order chi connectivity index (χ1) is 19.4. The number of anilines is 2. The lowest BCUT2D eigenvalue weighted by atomic mass is 9.99. The van der Waals surface area contributed by atoms with Crippen LogP contribution in [0, 0.1) is 5.82 Å². The molecular formula is C27H28FN9O2S. The first-order valence-corrected chi connectivity index (χ1v) is 13.7. The van der Waals surface area contributed by atoms with E-state index in [0.29, 0.717) is 53.2 Å². The fraction of sp³-hybridized carbons (Fsp3) is 0.296. The van der Waals surface area contributed by atoms with Crippen LogP contribution in [0.2, 0.25) is 0 Å². The highest BCUT2D eigenvalue weighted by molar-refractivity contribution is 8.01. The molecule has 0 spiro atoms. The van der Waals surface area contributed by atoms with E-state index < -0.39 is 11.7 Å². The van der Waals surface area contributed by atoms with Crippen LogP contribution in [-0.4, -0.2) is 68.7 Å². The maximum atomic E-state index is 14.4. The summed E-state index contributed by atoms with van der Waals surface area (Å²) in [6.07, 6.45) is 6.90. The number of rotatable bonds is 10. The lowest BCUT2D eigenvalue weighted by Gasteiger charge is -2.35. The predicted molar refractivity (Wildman–Crippen MR) is 153 cm³/mol. The normalized spacial score (nSPS) is 16.2. The van der Waals surface area contributed by atoms with Gasteiger partial charge < -0.3 is 21.3 Å². The molecule has 3 aromatic heterocycles. The molecule has 11 nitrogen and oxygen atoms in total. The monoisotopic (exact) mass is 561 g/mol. The summed E-state index contributed by atoms with van der Waals surface area (Å²) < 4.78 is 14.4. The summed E-state index contributed by atoms with van der Waals surface area (Å²) in [6, 6.07) is 7.42. The zero-order valence-electron chi connectivity index (χ0n) is 21.9. The number of amides is 2. The molecule has 1 aliphatic rings. The van der Waals surface area contributed by atoms with Crippen molar-refractivity contribution in [2.45, 2.75) is 23.8 Å². The summed E-state index contributed by atoms with van der Waals surface area (Å²) in [5.41, 5.74) is 3.13. The first kappa shape index (κ1) is 27.2. The van der Waals surface area contributed by atoms with Gasteiger partial charge in [-0.3, -0.25) is 14.6 Å². The number of aromatic nitrogens is 5. The highest BCUT2D eigenvalue weighted by atomic mass is 32.2. The maximum Gasteiger partial charge on any atom is 0.254 e. The Bertz CT molecular complexity index is 1530. The Kier molecular flexibility index (Phi) is 8.29. The Balaban J connectivity index is 1.17. The van der Waals surface area contributed by atoms with Gasteiger partial charge in [-0.1, -0.05) is 18.2 Å². The summed E-state index contributed by atoms with van der Waals surface area (Å²) in [5.74, 6) is -0.0139. The number of pyridine rings is 1. The van der Waals surface area contributed by atoms with Crippen LogP contribution in [0.4, 0.5) is 16.2 Å². The molecule has 0 radical (unpaired) electrons. The van der Waals surface area contributed by atoms with Crippen molar-refractivity contribution in [3.8, 4) is 11.3 Å². The molecular weight excluding hydrogens is 533 g/mol. The number of halogens is 1. The number of nitrogens with one attached hydrogen (secondary N) is 4. The number of carbonyl (C=O) groups excluding carboxylic acids is 2. The third-order valence-corrected chi connectivity index (χ3v) is 7.94. The Hall–Kier alpha value is -4.39. The summed E-state index contributed by atoms with van der Waals surface area (Å²) in [6.45, 7) is 3.19. The highest BCUT2D eigenvalue weighted by Gasteiger charge is 2.33. The Labute approximate surface area is 234 Å². The fourth-order valence-electron chi connectivity index (χ4n) is 4.42. The molecule has 1 aliphatic heterocycles. The Morgan fingerprint density at radius 2 is 1.85 bits per heavy atom. The third-order valence-electron chi connectivity index (χ3n) is 6.42. The van der Waals surface area contributed by atoms with Crippen LogP contribution in [0.25, 0.3) is 22.2 Å². The van der Waals surface area contributed by atoms with Crippen molar-refractivity contribution in [1.29, 1.82) is 0 Å². The van der Waals surface area contributed by atoms with E-state index >= 15 is 0 Å². The van der Waals surface area contributed by atoms with Crippen molar-refractivity contribution in [2.75, 3.05) is 37.3 Å². The minimum absolute atomic E-state index is 0.0229. The van der Waals surface area contributed by atoms with Crippen molar-refractivity contribution < 1.29 is 14.0 Å². The van der Waals surface area contributed by atoms with E-state index in [4.69, 9.17) is 0 Å². The van der Waals surface area contributed by atoms with Gasteiger partial charge in [0.2, 0.25) is 11.9 Å². The maximum absolute atomic E-state index is 14.4. The van der Waals surface area contributed by atoms with E-state index in [-0.39, 0.29) is 16.7 Å². The molecule has 2 atom stereocenters. The third kappa shape index (κ3) is 6.09. The number of thioether (sulfide) groups is 1. The van der Waals surface area contributed by atoms with Crippen LogP contribution in [0.1, 0.15) is 34.5 Å². The van der Waals surface area contributed by atoms with E-state index in [1.54, 1.807) is 30.2 Å². The quantitative estimate of drug-likeness (QED) is 0.213. The van der Waals surface area contributed by atoms with Gasteiger partial charge in [-0.2, -0.15) is 0 Å². The van der Waals surface area contributed by atoms with Gasteiger partial charge in [0.05, 0.1) is 23.0 Å². The van der Waals surface area contributed by atoms with E-state index in [2.05, 4.69) is 46.2 Å². The molecule has 0 bridgehead atoms. The number of hydrogen-bond donors (Lipinski definition) is 4. The van der Waals surface area contributed by atoms with Crippen molar-refractivity contribution in [2.24, 2.45) is 0 Å². The fourth-order valence-corrected chi connectivity index (χ4v) is 5.69. The molecule has 206 valence electrons. The van der Waals surface area contributed by atoms with E-state index in [0.717, 1.165) is 23.7 Å². The molecule has 4 heterocycles. The Morgan fingerprint density at radius 3 is 2.60 bits per heavy atom. The van der Waals surface area contributed by atoms with Crippen LogP contribution in [0.3, 0.4) is 0 Å². The second kappa shape index (κ2) is 12.2. The lowest BCUT2D eigenvalue weighted by molar-refractivity contribution is -0.118. The van der Waals surface area contributed by atoms with Crippen molar-refractivity contribution in [1.82, 2.24) is 35.6 Å². The number of fused-ring (bicyclic) bond motifs is 1. The highest BCUT2D eigenvalue weighted by Crippen LogP contribution is 2.50. The van der Waals surface area contributed by atoms with E-state index in [1.807, 2.05) is 18.2 Å². The molecule has 13 heteroatoms. The van der Waals surface area contributed by atoms with Crippen LogP contribution in [0.5, 0.6) is 0 Å². The standard InChI is InChI=1S/C27H28FN9O2S/c1-15(38)30-6-7-31-27-34-10-16(11-35-27)21-9-23(37-14-36-21)32-12-17-8-22(40-17)18-4-3-5-19-24(26(39)29-2)20(28)13-33-25(18)19/h3-5,9-11,13-14,17,22H,6-8,12H2,1-2H3,(H,29,39)(H,30,38)(H,31,34,35)(H,32,36,37). The zero-order valence-corrected chi connectivity index (χ0v) is 22.8. The van der Waals surface area contributed by atoms with Crippen molar-refractivity contribution in [3.05, 3.63) is 66.1 Å². The van der Waals surface area contributed by atoms with Gasteiger partial charge in [-0.25, -0.2) is 24.3 Å². The molecule has 2 amide bonds. The number of nitrogens with zero attached hydrogens (tertiary/aromatic N) is 5. The molecule has 0 aliphatic carbocycles. The van der Waals surface area contributed by atoms with Gasteiger partial charge in [-0.15, -0.1) is 11.8 Å². The molecule has 0 saturated carbocycles. The summed E-state index contributed by atoms with van der Waals surface area (Å²) in [5, 5.41) is 12.7. The van der Waals surface area contributed by atoms with E-state index in [1.165, 1.54) is 20.3 Å². The molecule has 4 aromatic rings. The molecule has 5 rings (SSSR count). The van der Waals surface area contributed by atoms with Gasteiger partial charge in [-0.05, 0) is 12.0 Å². The average Bonchev–Trinajstić information content (AvgIpc) is 2.94. The molecule has 1 fully saturated rings. The summed E-state index contributed by atoms with van der Waals surface area (Å²) >= 11 is 1.81. The molecule has 4 N–H and O–H groups in total. The van der Waals surface area contributed by atoms with Gasteiger partial charge in [0.15, 0.2) is 5.82 Å². The largest absolute Gasteiger partial charge is 0.369 e. The summed E-state index contributed by atoms with van der Waals surface area (Å²) in [4.78, 5) is 44.8. The van der Waals surface area contributed by atoms with Crippen LogP contribution in [0.15, 0.2) is 49.2 Å². The first-order valence-electron chi connectivity index (χ1n) is 12.7. The SMILES string of the molecule is CNC(=O)c1c(F)cnc2c(C3CC(CNc4cc(-c5cnc(NCCNC(C)=O)nc5)ncn4)S3)cccc12. The topological polar surface area (TPSA) is 147 Å². The van der Waals surface area contributed by atoms with Gasteiger partial charge >= 0.3 is 0 Å². The van der Waals surface area contributed by atoms with Crippen molar-refractivity contribution >= 4 is 46.2 Å². The minimum atomic E-state index is -0.630. The number of carbonyl (C=O) groups is 2. The zero-order chi connectivity index (χ0) is 28.1. The summed E-state index contributed by atoms with van der Waals surface area (Å²) in [7, 11) is 1.49. The molecule has 40 heavy (non-hydrogen) atoms. The average molecular weight is 562 g/mol. The molecule has 1 saturated heterocycles. The molecule has 1 aromatic carbocycles. The predicted octanol–water partition coefficient (Wildman–Crippen LogP) is 3.19. The smallest absolute Gasteiger partial charge is 0.254 e. The number of hydrogen-bond acceptors (Lipinski definition) is 10.